The molecule has 2 fully saturated rings. The molecule has 0 radical (unpaired) electrons. The highest BCUT2D eigenvalue weighted by molar-refractivity contribution is 7.71. The minimum Gasteiger partial charge on any atom is -0.378 e. The molecule has 0 aliphatic carbocycles. The zero-order valence-corrected chi connectivity index (χ0v) is 16.4. The molecular formula is C19H23N5O3S. The Morgan fingerprint density at radius 1 is 1.25 bits per heavy atom. The molecule has 1 unspecified atom stereocenters. The van der Waals surface area contributed by atoms with Crippen LogP contribution in [0.2, 0.25) is 0 Å². The molecule has 148 valence electrons. The van der Waals surface area contributed by atoms with Crippen LogP contribution < -0.4 is 0 Å². The summed E-state index contributed by atoms with van der Waals surface area (Å²) in [5, 5.41) is 7.14. The summed E-state index contributed by atoms with van der Waals surface area (Å²) in [4.78, 5) is 28.8. The summed E-state index contributed by atoms with van der Waals surface area (Å²) in [5.41, 5.74) is 1.10. The van der Waals surface area contributed by atoms with Gasteiger partial charge in [0.1, 0.15) is 12.4 Å². The molecule has 8 nitrogen and oxygen atoms in total. The highest BCUT2D eigenvalue weighted by Gasteiger charge is 2.34. The van der Waals surface area contributed by atoms with Crippen molar-refractivity contribution in [2.75, 3.05) is 32.8 Å². The van der Waals surface area contributed by atoms with E-state index >= 15 is 0 Å². The highest BCUT2D eigenvalue weighted by atomic mass is 32.1. The normalized spacial score (nSPS) is 20.0. The number of hydrogen-bond donors (Lipinski definition) is 1. The molecule has 4 rings (SSSR count). The summed E-state index contributed by atoms with van der Waals surface area (Å²) in [7, 11) is 0. The number of likely N-dealkylation sites (tertiary alicyclic amines) is 1. The van der Waals surface area contributed by atoms with Gasteiger partial charge in [-0.2, -0.15) is 5.10 Å². The number of ether oxygens (including phenoxy) is 1. The number of carbonyl (C=O) groups excluding carboxylic acids is 2. The molecule has 1 N–H and O–H groups in total. The largest absolute Gasteiger partial charge is 0.378 e. The Hall–Kier alpha value is -2.52. The van der Waals surface area contributed by atoms with Crippen molar-refractivity contribution < 1.29 is 14.3 Å². The van der Waals surface area contributed by atoms with E-state index in [1.165, 1.54) is 0 Å². The number of hydrogen-bond acceptors (Lipinski definition) is 5. The zero-order valence-electron chi connectivity index (χ0n) is 15.5. The van der Waals surface area contributed by atoms with Crippen molar-refractivity contribution in [2.45, 2.75) is 25.4 Å². The van der Waals surface area contributed by atoms with Gasteiger partial charge in [0.15, 0.2) is 4.77 Å². The maximum atomic E-state index is 12.6. The van der Waals surface area contributed by atoms with E-state index in [1.807, 2.05) is 35.2 Å². The van der Waals surface area contributed by atoms with Gasteiger partial charge in [-0.1, -0.05) is 30.3 Å². The third kappa shape index (κ3) is 4.00. The number of rotatable bonds is 5. The number of morpholine rings is 1. The maximum Gasteiger partial charge on any atom is 0.242 e. The molecule has 2 aromatic rings. The molecule has 2 amide bonds. The lowest BCUT2D eigenvalue weighted by Crippen LogP contribution is -2.42. The molecule has 0 spiro atoms. The second kappa shape index (κ2) is 8.24. The summed E-state index contributed by atoms with van der Waals surface area (Å²) >= 11 is 5.34. The topological polar surface area (TPSA) is 83.5 Å². The highest BCUT2D eigenvalue weighted by Crippen LogP contribution is 2.28. The third-order valence-corrected chi connectivity index (χ3v) is 5.55. The molecule has 2 aliphatic rings. The SMILES string of the molecule is O=C(Cn1c(C2CC(=O)N(Cc3ccccc3)C2)n[nH]c1=S)N1CCOCC1. The molecule has 1 aromatic heterocycles. The quantitative estimate of drug-likeness (QED) is 0.764. The van der Waals surface area contributed by atoms with Crippen molar-refractivity contribution in [3.63, 3.8) is 0 Å². The van der Waals surface area contributed by atoms with E-state index in [2.05, 4.69) is 10.2 Å². The molecule has 2 aliphatic heterocycles. The van der Waals surface area contributed by atoms with Crippen LogP contribution in [-0.2, 0) is 27.4 Å². The van der Waals surface area contributed by atoms with Crippen LogP contribution in [0.1, 0.15) is 23.7 Å². The maximum absolute atomic E-state index is 12.6. The number of nitrogens with one attached hydrogen (secondary N) is 1. The van der Waals surface area contributed by atoms with E-state index in [1.54, 1.807) is 9.47 Å². The number of nitrogens with zero attached hydrogens (tertiary/aromatic N) is 4. The smallest absolute Gasteiger partial charge is 0.242 e. The van der Waals surface area contributed by atoms with E-state index in [0.29, 0.717) is 56.4 Å². The Bertz CT molecular complexity index is 904. The molecule has 2 saturated heterocycles. The monoisotopic (exact) mass is 401 g/mol. The van der Waals surface area contributed by atoms with Crippen LogP contribution in [-0.4, -0.2) is 69.2 Å². The number of aromatic nitrogens is 3. The van der Waals surface area contributed by atoms with Gasteiger partial charge in [-0.05, 0) is 17.8 Å². The molecule has 1 aromatic carbocycles. The van der Waals surface area contributed by atoms with E-state index in [-0.39, 0.29) is 24.3 Å². The van der Waals surface area contributed by atoms with Crippen molar-refractivity contribution in [3.8, 4) is 0 Å². The van der Waals surface area contributed by atoms with Crippen molar-refractivity contribution >= 4 is 24.0 Å². The molecule has 1 atom stereocenters. The van der Waals surface area contributed by atoms with E-state index in [4.69, 9.17) is 17.0 Å². The minimum atomic E-state index is -0.0818. The fraction of sp³-hybridized carbons (Fsp3) is 0.474. The Balaban J connectivity index is 1.47. The van der Waals surface area contributed by atoms with Crippen LogP contribution >= 0.6 is 12.2 Å². The van der Waals surface area contributed by atoms with Crippen LogP contribution in [0, 0.1) is 4.77 Å². The number of H-pyrrole nitrogens is 1. The van der Waals surface area contributed by atoms with Gasteiger partial charge in [-0.3, -0.25) is 19.3 Å². The molecule has 28 heavy (non-hydrogen) atoms. The van der Waals surface area contributed by atoms with Crippen LogP contribution in [0.25, 0.3) is 0 Å². The first-order chi connectivity index (χ1) is 13.6. The fourth-order valence-corrected chi connectivity index (χ4v) is 3.95. The van der Waals surface area contributed by atoms with Crippen LogP contribution in [0.15, 0.2) is 30.3 Å². The molecule has 9 heteroatoms. The van der Waals surface area contributed by atoms with Gasteiger partial charge in [0.25, 0.3) is 0 Å². The van der Waals surface area contributed by atoms with Crippen molar-refractivity contribution in [3.05, 3.63) is 46.5 Å². The van der Waals surface area contributed by atoms with Gasteiger partial charge in [0, 0.05) is 38.5 Å². The summed E-state index contributed by atoms with van der Waals surface area (Å²) in [6.07, 6.45) is 0.373. The predicted octanol–water partition coefficient (Wildman–Crippen LogP) is 1.32. The Morgan fingerprint density at radius 2 is 2.00 bits per heavy atom. The summed E-state index contributed by atoms with van der Waals surface area (Å²) < 4.78 is 7.44. The second-order valence-corrected chi connectivity index (χ2v) is 7.51. The van der Waals surface area contributed by atoms with E-state index in [0.717, 1.165) is 5.56 Å². The van der Waals surface area contributed by atoms with Gasteiger partial charge in [-0.15, -0.1) is 0 Å². The Kier molecular flexibility index (Phi) is 5.54. The number of carbonyl (C=O) groups is 2. The first-order valence-electron chi connectivity index (χ1n) is 9.44. The minimum absolute atomic E-state index is 0.00693. The predicted molar refractivity (Wildman–Crippen MR) is 104 cm³/mol. The third-order valence-electron chi connectivity index (χ3n) is 5.24. The standard InChI is InChI=1S/C19H23N5O3S/c25-16-10-15(12-23(16)11-14-4-2-1-3-5-14)18-20-21-19(28)24(18)13-17(26)22-6-8-27-9-7-22/h1-5,15H,6-13H2,(H,21,28). The van der Waals surface area contributed by atoms with Gasteiger partial charge in [0.05, 0.1) is 13.2 Å². The summed E-state index contributed by atoms with van der Waals surface area (Å²) in [5.74, 6) is 0.679. The molecule has 0 bridgehead atoms. The van der Waals surface area contributed by atoms with Gasteiger partial charge in [0.2, 0.25) is 11.8 Å². The first-order valence-corrected chi connectivity index (χ1v) is 9.85. The van der Waals surface area contributed by atoms with Gasteiger partial charge in [-0.25, -0.2) is 0 Å². The average Bonchev–Trinajstić information content (AvgIpc) is 3.26. The van der Waals surface area contributed by atoms with Gasteiger partial charge < -0.3 is 14.5 Å². The second-order valence-electron chi connectivity index (χ2n) is 7.13. The summed E-state index contributed by atoms with van der Waals surface area (Å²) in [6.45, 7) is 3.57. The van der Waals surface area contributed by atoms with Crippen LogP contribution in [0.3, 0.4) is 0 Å². The Labute approximate surface area is 168 Å². The van der Waals surface area contributed by atoms with E-state index < -0.39 is 0 Å². The lowest BCUT2D eigenvalue weighted by molar-refractivity contribution is -0.136. The summed E-state index contributed by atoms with van der Waals surface area (Å²) in [6, 6.07) is 9.92. The van der Waals surface area contributed by atoms with Crippen LogP contribution in [0.4, 0.5) is 0 Å². The van der Waals surface area contributed by atoms with Crippen LogP contribution in [0.5, 0.6) is 0 Å². The van der Waals surface area contributed by atoms with E-state index in [9.17, 15) is 9.59 Å². The first kappa shape index (κ1) is 18.8. The lowest BCUT2D eigenvalue weighted by atomic mass is 10.1. The average molecular weight is 401 g/mol. The number of amides is 2. The Morgan fingerprint density at radius 3 is 2.75 bits per heavy atom. The molecule has 3 heterocycles. The molecular weight excluding hydrogens is 378 g/mol. The number of benzene rings is 1. The number of aromatic amines is 1. The van der Waals surface area contributed by atoms with Crippen molar-refractivity contribution in [2.24, 2.45) is 0 Å². The van der Waals surface area contributed by atoms with Crippen molar-refractivity contribution in [1.82, 2.24) is 24.6 Å². The molecule has 0 saturated carbocycles. The van der Waals surface area contributed by atoms with Crippen molar-refractivity contribution in [1.29, 1.82) is 0 Å². The van der Waals surface area contributed by atoms with Gasteiger partial charge >= 0.3 is 0 Å². The zero-order chi connectivity index (χ0) is 19.5. The fourth-order valence-electron chi connectivity index (χ4n) is 3.74. The lowest BCUT2D eigenvalue weighted by Gasteiger charge is -2.27.